The first-order chi connectivity index (χ1) is 18.0. The van der Waals surface area contributed by atoms with Gasteiger partial charge in [0.1, 0.15) is 0 Å². The minimum Gasteiger partial charge on any atom is -0.396 e. The van der Waals surface area contributed by atoms with Gasteiger partial charge in [0, 0.05) is 49.3 Å². The van der Waals surface area contributed by atoms with Crippen LogP contribution in [-0.4, -0.2) is 50.6 Å². The SMILES string of the molecule is CCCNC(=O)[C@@H]1[C@@H](CO)[C@@H]2Cn3c(ccc(/C=C/c4ccccc4)c3=O)[C@H]1N2C(=O)c1cccnc1. The van der Waals surface area contributed by atoms with Gasteiger partial charge in [0.05, 0.1) is 23.6 Å². The number of rotatable bonds is 7. The molecule has 8 heteroatoms. The molecule has 1 saturated heterocycles. The number of aliphatic hydroxyl groups excluding tert-OH is 1. The maximum atomic E-state index is 13.7. The van der Waals surface area contributed by atoms with Crippen molar-refractivity contribution in [2.75, 3.05) is 13.2 Å². The van der Waals surface area contributed by atoms with E-state index in [4.69, 9.17) is 0 Å². The molecule has 2 aromatic heterocycles. The van der Waals surface area contributed by atoms with Gasteiger partial charge in [-0.25, -0.2) is 0 Å². The monoisotopic (exact) mass is 498 g/mol. The number of nitrogens with one attached hydrogen (secondary N) is 1. The second-order valence-corrected chi connectivity index (χ2v) is 9.50. The van der Waals surface area contributed by atoms with E-state index in [0.717, 1.165) is 12.0 Å². The van der Waals surface area contributed by atoms with E-state index in [1.54, 1.807) is 39.9 Å². The maximum absolute atomic E-state index is 13.7. The van der Waals surface area contributed by atoms with E-state index in [1.807, 2.05) is 49.4 Å². The van der Waals surface area contributed by atoms with Crippen LogP contribution in [-0.2, 0) is 11.3 Å². The molecule has 5 rings (SSSR count). The van der Waals surface area contributed by atoms with Crippen LogP contribution in [0.2, 0.25) is 0 Å². The van der Waals surface area contributed by atoms with Crippen LogP contribution < -0.4 is 10.9 Å². The molecule has 2 bridgehead atoms. The van der Waals surface area contributed by atoms with Crippen molar-refractivity contribution in [1.82, 2.24) is 19.8 Å². The molecular weight excluding hydrogens is 468 g/mol. The van der Waals surface area contributed by atoms with Gasteiger partial charge in [0.15, 0.2) is 0 Å². The average molecular weight is 499 g/mol. The van der Waals surface area contributed by atoms with Crippen molar-refractivity contribution in [1.29, 1.82) is 0 Å². The van der Waals surface area contributed by atoms with Crippen molar-refractivity contribution in [3.8, 4) is 0 Å². The van der Waals surface area contributed by atoms with Crippen LogP contribution in [0.25, 0.3) is 12.2 Å². The van der Waals surface area contributed by atoms with Crippen molar-refractivity contribution >= 4 is 24.0 Å². The van der Waals surface area contributed by atoms with Crippen LogP contribution in [0.1, 0.15) is 46.6 Å². The highest BCUT2D eigenvalue weighted by molar-refractivity contribution is 5.95. The van der Waals surface area contributed by atoms with Crippen LogP contribution in [0.15, 0.2) is 71.8 Å². The van der Waals surface area contributed by atoms with Gasteiger partial charge in [-0.05, 0) is 42.3 Å². The second kappa shape index (κ2) is 10.5. The lowest BCUT2D eigenvalue weighted by molar-refractivity contribution is -0.127. The molecule has 2 N–H and O–H groups in total. The summed E-state index contributed by atoms with van der Waals surface area (Å²) in [5.74, 6) is -1.67. The highest BCUT2D eigenvalue weighted by Gasteiger charge is 2.57. The summed E-state index contributed by atoms with van der Waals surface area (Å²) in [6.07, 6.45) is 7.53. The topological polar surface area (TPSA) is 105 Å². The first-order valence-corrected chi connectivity index (χ1v) is 12.6. The molecule has 2 aliphatic heterocycles. The Balaban J connectivity index is 1.59. The predicted molar refractivity (Wildman–Crippen MR) is 140 cm³/mol. The number of aliphatic hydroxyl groups is 1. The molecular formula is C29H30N4O4. The lowest BCUT2D eigenvalue weighted by Crippen LogP contribution is -2.49. The molecule has 2 aliphatic rings. The molecule has 4 atom stereocenters. The van der Waals surface area contributed by atoms with Gasteiger partial charge in [0.2, 0.25) is 5.91 Å². The number of nitrogens with zero attached hydrogens (tertiary/aromatic N) is 3. The highest BCUT2D eigenvalue weighted by atomic mass is 16.3. The van der Waals surface area contributed by atoms with Crippen molar-refractivity contribution in [2.45, 2.75) is 32.0 Å². The van der Waals surface area contributed by atoms with Crippen LogP contribution in [0.5, 0.6) is 0 Å². The van der Waals surface area contributed by atoms with E-state index in [0.29, 0.717) is 23.4 Å². The second-order valence-electron chi connectivity index (χ2n) is 9.50. The quantitative estimate of drug-likeness (QED) is 0.521. The van der Waals surface area contributed by atoms with Crippen LogP contribution in [0.3, 0.4) is 0 Å². The molecule has 0 unspecified atom stereocenters. The number of fused-ring (bicyclic) bond motifs is 4. The third kappa shape index (κ3) is 4.49. The van der Waals surface area contributed by atoms with E-state index in [-0.39, 0.29) is 30.5 Å². The van der Waals surface area contributed by atoms with Gasteiger partial charge < -0.3 is 19.9 Å². The number of carbonyl (C=O) groups is 2. The van der Waals surface area contributed by atoms with Crippen LogP contribution in [0.4, 0.5) is 0 Å². The molecule has 0 saturated carbocycles. The number of benzene rings is 1. The summed E-state index contributed by atoms with van der Waals surface area (Å²) in [4.78, 5) is 46.4. The van der Waals surface area contributed by atoms with Crippen LogP contribution >= 0.6 is 0 Å². The molecule has 3 aromatic rings. The van der Waals surface area contributed by atoms with Crippen LogP contribution in [0, 0.1) is 11.8 Å². The average Bonchev–Trinajstić information content (AvgIpc) is 3.18. The van der Waals surface area contributed by atoms with E-state index in [2.05, 4.69) is 10.3 Å². The van der Waals surface area contributed by atoms with Gasteiger partial charge in [-0.2, -0.15) is 0 Å². The Kier molecular flexibility index (Phi) is 7.01. The number of hydrogen-bond donors (Lipinski definition) is 2. The van der Waals surface area contributed by atoms with Gasteiger partial charge >= 0.3 is 0 Å². The summed E-state index contributed by atoms with van der Waals surface area (Å²) >= 11 is 0. The zero-order chi connectivity index (χ0) is 25.9. The van der Waals surface area contributed by atoms with Crippen molar-refractivity contribution in [2.24, 2.45) is 11.8 Å². The number of pyridine rings is 2. The Hall–Kier alpha value is -4.04. The van der Waals surface area contributed by atoms with Crippen molar-refractivity contribution < 1.29 is 14.7 Å². The largest absolute Gasteiger partial charge is 0.396 e. The third-order valence-corrected chi connectivity index (χ3v) is 7.32. The Morgan fingerprint density at radius 3 is 2.62 bits per heavy atom. The predicted octanol–water partition coefficient (Wildman–Crippen LogP) is 2.74. The number of amides is 2. The summed E-state index contributed by atoms with van der Waals surface area (Å²) < 4.78 is 1.67. The van der Waals surface area contributed by atoms with E-state index in [9.17, 15) is 19.5 Å². The minimum atomic E-state index is -0.680. The summed E-state index contributed by atoms with van der Waals surface area (Å²) in [5, 5.41) is 13.4. The summed E-state index contributed by atoms with van der Waals surface area (Å²) in [6.45, 7) is 2.39. The standard InChI is InChI=1S/C29H30N4O4/c1-2-14-31-27(35)25-22(18-34)24-17-32-23(26(25)33(24)29(37)21-9-6-15-30-16-21)13-12-20(28(32)36)11-10-19-7-4-3-5-8-19/h3-13,15-16,22,24-26,34H,2,14,17-18H2,1H3,(H,31,35)/b11-10+/t22-,24-,25+,26+/m0/s1. The molecule has 1 aromatic carbocycles. The summed E-state index contributed by atoms with van der Waals surface area (Å²) in [6, 6.07) is 15.5. The first-order valence-electron chi connectivity index (χ1n) is 12.6. The Labute approximate surface area is 215 Å². The Bertz CT molecular complexity index is 1370. The molecule has 0 radical (unpaired) electrons. The minimum absolute atomic E-state index is 0.181. The van der Waals surface area contributed by atoms with Gasteiger partial charge in [-0.15, -0.1) is 0 Å². The van der Waals surface area contributed by atoms with Gasteiger partial charge in [0.25, 0.3) is 11.5 Å². The summed E-state index contributed by atoms with van der Waals surface area (Å²) in [7, 11) is 0. The molecule has 1 fully saturated rings. The highest BCUT2D eigenvalue weighted by Crippen LogP contribution is 2.48. The van der Waals surface area contributed by atoms with Gasteiger partial charge in [-0.1, -0.05) is 43.3 Å². The normalized spacial score (nSPS) is 22.2. The number of aromatic nitrogens is 2. The lowest BCUT2D eigenvalue weighted by atomic mass is 9.86. The molecule has 2 amide bonds. The zero-order valence-corrected chi connectivity index (χ0v) is 20.7. The lowest BCUT2D eigenvalue weighted by Gasteiger charge is -2.38. The van der Waals surface area contributed by atoms with Crippen molar-refractivity contribution in [3.63, 3.8) is 0 Å². The zero-order valence-electron chi connectivity index (χ0n) is 20.7. The van der Waals surface area contributed by atoms with E-state index < -0.39 is 23.9 Å². The smallest absolute Gasteiger partial charge is 0.258 e. The molecule has 0 spiro atoms. The molecule has 190 valence electrons. The third-order valence-electron chi connectivity index (χ3n) is 7.32. The number of hydrogen-bond acceptors (Lipinski definition) is 5. The molecule has 0 aliphatic carbocycles. The molecule has 4 heterocycles. The van der Waals surface area contributed by atoms with E-state index in [1.165, 1.54) is 6.20 Å². The number of carbonyl (C=O) groups excluding carboxylic acids is 2. The van der Waals surface area contributed by atoms with E-state index >= 15 is 0 Å². The fraction of sp³-hybridized carbons (Fsp3) is 0.310. The first kappa shape index (κ1) is 24.6. The maximum Gasteiger partial charge on any atom is 0.258 e. The van der Waals surface area contributed by atoms with Gasteiger partial charge in [-0.3, -0.25) is 19.4 Å². The molecule has 37 heavy (non-hydrogen) atoms. The summed E-state index contributed by atoms with van der Waals surface area (Å²) in [5.41, 5.74) is 2.32. The fourth-order valence-corrected chi connectivity index (χ4v) is 5.58. The van der Waals surface area contributed by atoms with Crippen molar-refractivity contribution in [3.05, 3.63) is 99.7 Å². The Morgan fingerprint density at radius 2 is 1.92 bits per heavy atom. The molecule has 8 nitrogen and oxygen atoms in total. The fourth-order valence-electron chi connectivity index (χ4n) is 5.58. The Morgan fingerprint density at radius 1 is 1.11 bits per heavy atom.